The molecule has 6 heteroatoms. The number of piperidine rings is 1. The Balaban J connectivity index is 1.82. The Morgan fingerprint density at radius 1 is 1.39 bits per heavy atom. The third-order valence-electron chi connectivity index (χ3n) is 4.42. The van der Waals surface area contributed by atoms with Crippen LogP contribution >= 0.6 is 0 Å². The molecule has 0 radical (unpaired) electrons. The Bertz CT molecular complexity index is 699. The summed E-state index contributed by atoms with van der Waals surface area (Å²) in [6, 6.07) is 8.02. The third-order valence-corrected chi connectivity index (χ3v) is 4.42. The summed E-state index contributed by atoms with van der Waals surface area (Å²) in [7, 11) is 0. The van der Waals surface area contributed by atoms with Gasteiger partial charge in [0.05, 0.1) is 0 Å². The minimum atomic E-state index is -0.374. The van der Waals surface area contributed by atoms with Crippen molar-refractivity contribution >= 4 is 5.91 Å². The lowest BCUT2D eigenvalue weighted by molar-refractivity contribution is 0.0567. The Labute approximate surface area is 134 Å². The van der Waals surface area contributed by atoms with Gasteiger partial charge in [-0.1, -0.05) is 19.1 Å². The van der Waals surface area contributed by atoms with Gasteiger partial charge >= 0.3 is 0 Å². The number of halogens is 1. The van der Waals surface area contributed by atoms with E-state index in [1.165, 1.54) is 10.7 Å². The summed E-state index contributed by atoms with van der Waals surface area (Å²) in [6.07, 6.45) is 3.49. The van der Waals surface area contributed by atoms with E-state index in [9.17, 15) is 9.18 Å². The lowest BCUT2D eigenvalue weighted by atomic mass is 9.92. The molecule has 0 saturated carbocycles. The first-order chi connectivity index (χ1) is 11.1. The molecule has 5 nitrogen and oxygen atoms in total. The number of hydrogen-bond donors (Lipinski definition) is 1. The molecule has 1 saturated heterocycles. The normalized spacial score (nSPS) is 21.4. The molecule has 23 heavy (non-hydrogen) atoms. The molecule has 2 N–H and O–H groups in total. The molecule has 2 heterocycles. The molecule has 2 unspecified atom stereocenters. The van der Waals surface area contributed by atoms with E-state index in [1.807, 2.05) is 0 Å². The highest BCUT2D eigenvalue weighted by atomic mass is 19.1. The van der Waals surface area contributed by atoms with Crippen molar-refractivity contribution in [2.45, 2.75) is 25.8 Å². The summed E-state index contributed by atoms with van der Waals surface area (Å²) in [5.41, 5.74) is 6.47. The molecule has 1 amide bonds. The van der Waals surface area contributed by atoms with E-state index in [0.717, 1.165) is 12.8 Å². The fraction of sp³-hybridized carbons (Fsp3) is 0.412. The van der Waals surface area contributed by atoms with Crippen LogP contribution in [0.4, 0.5) is 4.39 Å². The van der Waals surface area contributed by atoms with Crippen molar-refractivity contribution in [3.63, 3.8) is 0 Å². The first-order valence-electron chi connectivity index (χ1n) is 7.91. The van der Waals surface area contributed by atoms with Gasteiger partial charge in [0.2, 0.25) is 0 Å². The van der Waals surface area contributed by atoms with Gasteiger partial charge < -0.3 is 10.6 Å². The quantitative estimate of drug-likeness (QED) is 0.944. The van der Waals surface area contributed by atoms with E-state index in [1.54, 1.807) is 35.4 Å². The maximum absolute atomic E-state index is 13.8. The zero-order chi connectivity index (χ0) is 16.4. The molecule has 0 aliphatic carbocycles. The van der Waals surface area contributed by atoms with Gasteiger partial charge in [0, 0.05) is 25.3 Å². The zero-order valence-corrected chi connectivity index (χ0v) is 13.2. The summed E-state index contributed by atoms with van der Waals surface area (Å²) < 4.78 is 15.2. The number of likely N-dealkylation sites (tertiary alicyclic amines) is 1. The van der Waals surface area contributed by atoms with Crippen LogP contribution in [0, 0.1) is 11.7 Å². The number of nitrogens with two attached hydrogens (primary N) is 1. The largest absolute Gasteiger partial charge is 0.333 e. The second-order valence-corrected chi connectivity index (χ2v) is 6.11. The minimum Gasteiger partial charge on any atom is -0.333 e. The fourth-order valence-corrected chi connectivity index (χ4v) is 3.10. The van der Waals surface area contributed by atoms with Gasteiger partial charge in [-0.25, -0.2) is 9.07 Å². The van der Waals surface area contributed by atoms with E-state index in [-0.39, 0.29) is 17.8 Å². The van der Waals surface area contributed by atoms with Gasteiger partial charge in [0.25, 0.3) is 5.91 Å². The molecule has 3 rings (SSSR count). The molecule has 2 atom stereocenters. The van der Waals surface area contributed by atoms with Gasteiger partial charge in [-0.15, -0.1) is 0 Å². The molecule has 0 spiro atoms. The number of carbonyl (C=O) groups excluding carboxylic acids is 1. The molecule has 1 aromatic carbocycles. The van der Waals surface area contributed by atoms with E-state index in [0.29, 0.717) is 30.4 Å². The van der Waals surface area contributed by atoms with Crippen LogP contribution in [0.5, 0.6) is 0 Å². The van der Waals surface area contributed by atoms with Crippen molar-refractivity contribution in [3.05, 3.63) is 48.0 Å². The van der Waals surface area contributed by atoms with Crippen molar-refractivity contribution in [1.29, 1.82) is 0 Å². The average Bonchev–Trinajstić information content (AvgIpc) is 3.04. The maximum Gasteiger partial charge on any atom is 0.274 e. The van der Waals surface area contributed by atoms with Crippen LogP contribution in [0.25, 0.3) is 5.69 Å². The summed E-state index contributed by atoms with van der Waals surface area (Å²) in [6.45, 7) is 3.32. The number of rotatable bonds is 3. The number of para-hydroxylation sites is 1. The van der Waals surface area contributed by atoms with E-state index >= 15 is 0 Å². The van der Waals surface area contributed by atoms with Crippen LogP contribution in [0.15, 0.2) is 36.5 Å². The molecule has 2 aromatic rings. The smallest absolute Gasteiger partial charge is 0.274 e. The SMILES string of the molecule is CC1CCN(C(=O)c2ccn(-c3ccccc3F)n2)C(CN)C1. The minimum absolute atomic E-state index is 0.0462. The average molecular weight is 316 g/mol. The summed E-state index contributed by atoms with van der Waals surface area (Å²) in [5, 5.41) is 4.25. The number of hydrogen-bond acceptors (Lipinski definition) is 3. The second-order valence-electron chi connectivity index (χ2n) is 6.11. The molecule has 122 valence electrons. The predicted molar refractivity (Wildman–Crippen MR) is 85.8 cm³/mol. The molecular weight excluding hydrogens is 295 g/mol. The fourth-order valence-electron chi connectivity index (χ4n) is 3.10. The van der Waals surface area contributed by atoms with Gasteiger partial charge in [-0.3, -0.25) is 4.79 Å². The van der Waals surface area contributed by atoms with Crippen LogP contribution in [-0.2, 0) is 0 Å². The lowest BCUT2D eigenvalue weighted by Gasteiger charge is -2.37. The zero-order valence-electron chi connectivity index (χ0n) is 13.2. The predicted octanol–water partition coefficient (Wildman–Crippen LogP) is 2.21. The number of amides is 1. The van der Waals surface area contributed by atoms with Crippen molar-refractivity contribution in [2.75, 3.05) is 13.1 Å². The van der Waals surface area contributed by atoms with Crippen LogP contribution in [0.2, 0.25) is 0 Å². The molecule has 1 aliphatic heterocycles. The topological polar surface area (TPSA) is 64.2 Å². The lowest BCUT2D eigenvalue weighted by Crippen LogP contribution is -2.49. The molecular formula is C17H21FN4O. The highest BCUT2D eigenvalue weighted by Gasteiger charge is 2.30. The number of carbonyl (C=O) groups is 1. The van der Waals surface area contributed by atoms with Crippen molar-refractivity contribution < 1.29 is 9.18 Å². The van der Waals surface area contributed by atoms with Crippen molar-refractivity contribution in [1.82, 2.24) is 14.7 Å². The Morgan fingerprint density at radius 2 is 2.17 bits per heavy atom. The standard InChI is InChI=1S/C17H21FN4O/c1-12-6-8-21(13(10-12)11-19)17(23)15-7-9-22(20-15)16-5-3-2-4-14(16)18/h2-5,7,9,12-13H,6,8,10-11,19H2,1H3. The Hall–Kier alpha value is -2.21. The monoisotopic (exact) mass is 316 g/mol. The van der Waals surface area contributed by atoms with Crippen molar-refractivity contribution in [3.8, 4) is 5.69 Å². The first kappa shape index (κ1) is 15.7. The molecule has 1 fully saturated rings. The van der Waals surface area contributed by atoms with Gasteiger partial charge in [0.1, 0.15) is 11.5 Å². The van der Waals surface area contributed by atoms with E-state index < -0.39 is 0 Å². The van der Waals surface area contributed by atoms with Gasteiger partial charge in [-0.2, -0.15) is 5.10 Å². The molecule has 1 aromatic heterocycles. The Morgan fingerprint density at radius 3 is 2.91 bits per heavy atom. The number of nitrogens with zero attached hydrogens (tertiary/aromatic N) is 3. The van der Waals surface area contributed by atoms with Crippen LogP contribution in [-0.4, -0.2) is 39.7 Å². The third kappa shape index (κ3) is 3.12. The summed E-state index contributed by atoms with van der Waals surface area (Å²) >= 11 is 0. The second kappa shape index (κ2) is 6.50. The van der Waals surface area contributed by atoms with E-state index in [2.05, 4.69) is 12.0 Å². The Kier molecular flexibility index (Phi) is 4.43. The van der Waals surface area contributed by atoms with E-state index in [4.69, 9.17) is 5.73 Å². The van der Waals surface area contributed by atoms with Crippen LogP contribution < -0.4 is 5.73 Å². The summed E-state index contributed by atoms with van der Waals surface area (Å²) in [5.74, 6) is 0.0623. The first-order valence-corrected chi connectivity index (χ1v) is 7.91. The van der Waals surface area contributed by atoms with Crippen LogP contribution in [0.1, 0.15) is 30.3 Å². The highest BCUT2D eigenvalue weighted by molar-refractivity contribution is 5.92. The maximum atomic E-state index is 13.8. The van der Waals surface area contributed by atoms with Gasteiger partial charge in [0.15, 0.2) is 5.69 Å². The van der Waals surface area contributed by atoms with Crippen molar-refractivity contribution in [2.24, 2.45) is 11.7 Å². The van der Waals surface area contributed by atoms with Gasteiger partial charge in [-0.05, 0) is 37.0 Å². The van der Waals surface area contributed by atoms with Crippen LogP contribution in [0.3, 0.4) is 0 Å². The number of benzene rings is 1. The number of aromatic nitrogens is 2. The molecule has 1 aliphatic rings. The molecule has 0 bridgehead atoms. The highest BCUT2D eigenvalue weighted by Crippen LogP contribution is 2.23. The summed E-state index contributed by atoms with van der Waals surface area (Å²) in [4.78, 5) is 14.5.